The Labute approximate surface area is 152 Å². The van der Waals surface area contributed by atoms with E-state index < -0.39 is 6.36 Å². The molecule has 0 bridgehead atoms. The Morgan fingerprint density at radius 3 is 2.74 bits per heavy atom. The van der Waals surface area contributed by atoms with Gasteiger partial charge in [0.1, 0.15) is 16.8 Å². The van der Waals surface area contributed by atoms with E-state index in [4.69, 9.17) is 4.74 Å². The molecule has 3 aromatic rings. The average molecular weight is 379 g/mol. The summed E-state index contributed by atoms with van der Waals surface area (Å²) in [5.41, 5.74) is 1.19. The number of anilines is 2. The molecule has 0 spiro atoms. The van der Waals surface area contributed by atoms with Gasteiger partial charge in [-0.3, -0.25) is 0 Å². The Morgan fingerprint density at radius 2 is 1.96 bits per heavy atom. The number of hydrogen-bond acceptors (Lipinski definition) is 7. The van der Waals surface area contributed by atoms with Crippen LogP contribution in [-0.4, -0.2) is 33.4 Å². The van der Waals surface area contributed by atoms with Crippen molar-refractivity contribution in [1.82, 2.24) is 20.4 Å². The number of nitrogens with zero attached hydrogens (tertiary/aromatic N) is 4. The van der Waals surface area contributed by atoms with Crippen molar-refractivity contribution in [2.45, 2.75) is 26.1 Å². The zero-order valence-electron chi connectivity index (χ0n) is 14.3. The molecule has 0 saturated heterocycles. The summed E-state index contributed by atoms with van der Waals surface area (Å²) >= 11 is 0. The van der Waals surface area contributed by atoms with Crippen LogP contribution in [0.5, 0.6) is 11.6 Å². The second-order valence-corrected chi connectivity index (χ2v) is 5.56. The molecule has 0 saturated carbocycles. The van der Waals surface area contributed by atoms with Gasteiger partial charge < -0.3 is 14.8 Å². The van der Waals surface area contributed by atoms with E-state index in [1.54, 1.807) is 18.2 Å². The van der Waals surface area contributed by atoms with Gasteiger partial charge in [-0.2, -0.15) is 0 Å². The number of unbranched alkanes of at least 4 members (excludes halogenated alkanes) is 1. The second kappa shape index (κ2) is 8.02. The number of alkyl halides is 3. The highest BCUT2D eigenvalue weighted by atomic mass is 19.4. The van der Waals surface area contributed by atoms with Gasteiger partial charge >= 0.3 is 6.36 Å². The highest BCUT2D eigenvalue weighted by molar-refractivity contribution is 5.86. The zero-order valence-corrected chi connectivity index (χ0v) is 14.3. The van der Waals surface area contributed by atoms with Crippen molar-refractivity contribution < 1.29 is 22.6 Å². The lowest BCUT2D eigenvalue weighted by atomic mass is 10.3. The lowest BCUT2D eigenvalue weighted by Gasteiger charge is -2.11. The minimum Gasteiger partial charge on any atom is -0.478 e. The minimum absolute atomic E-state index is 0.241. The number of rotatable bonds is 7. The monoisotopic (exact) mass is 379 g/mol. The Morgan fingerprint density at radius 1 is 1.11 bits per heavy atom. The normalized spacial score (nSPS) is 11.4. The first-order chi connectivity index (χ1) is 12.9. The van der Waals surface area contributed by atoms with Crippen molar-refractivity contribution in [1.29, 1.82) is 0 Å². The molecule has 2 heterocycles. The SMILES string of the molecule is CCCCOc1ccc2nnnc(Nc3cccc(OC(F)(F)F)c3)c2n1. The van der Waals surface area contributed by atoms with E-state index in [1.807, 2.05) is 0 Å². The predicted octanol–water partition coefficient (Wildman–Crippen LogP) is 4.24. The molecule has 0 amide bonds. The van der Waals surface area contributed by atoms with Gasteiger partial charge in [-0.05, 0) is 29.8 Å². The number of pyridine rings is 1. The van der Waals surface area contributed by atoms with Crippen molar-refractivity contribution in [2.24, 2.45) is 0 Å². The van der Waals surface area contributed by atoms with Gasteiger partial charge in [0, 0.05) is 17.8 Å². The molecule has 0 unspecified atom stereocenters. The van der Waals surface area contributed by atoms with Gasteiger partial charge in [0.25, 0.3) is 0 Å². The van der Waals surface area contributed by atoms with Crippen LogP contribution < -0.4 is 14.8 Å². The molecule has 10 heteroatoms. The fourth-order valence-electron chi connectivity index (χ4n) is 2.24. The molecule has 142 valence electrons. The molecule has 0 aliphatic heterocycles. The molecule has 0 aliphatic carbocycles. The Bertz CT molecular complexity index is 920. The van der Waals surface area contributed by atoms with Crippen molar-refractivity contribution in [3.8, 4) is 11.6 Å². The number of hydrogen-bond donors (Lipinski definition) is 1. The van der Waals surface area contributed by atoms with E-state index in [1.165, 1.54) is 18.2 Å². The lowest BCUT2D eigenvalue weighted by Crippen LogP contribution is -2.17. The van der Waals surface area contributed by atoms with Crippen LogP contribution in [0.3, 0.4) is 0 Å². The van der Waals surface area contributed by atoms with Gasteiger partial charge in [0.2, 0.25) is 5.88 Å². The predicted molar refractivity (Wildman–Crippen MR) is 91.9 cm³/mol. The molecular formula is C17H16F3N5O2. The van der Waals surface area contributed by atoms with E-state index in [2.05, 4.69) is 37.4 Å². The molecule has 27 heavy (non-hydrogen) atoms. The molecule has 1 N–H and O–H groups in total. The van der Waals surface area contributed by atoms with E-state index in [-0.39, 0.29) is 11.6 Å². The number of aromatic nitrogens is 4. The fourth-order valence-corrected chi connectivity index (χ4v) is 2.24. The van der Waals surface area contributed by atoms with Crippen LogP contribution >= 0.6 is 0 Å². The summed E-state index contributed by atoms with van der Waals surface area (Å²) in [6, 6.07) is 8.75. The van der Waals surface area contributed by atoms with E-state index in [9.17, 15) is 13.2 Å². The summed E-state index contributed by atoms with van der Waals surface area (Å²) < 4.78 is 46.6. The first-order valence-electron chi connectivity index (χ1n) is 8.20. The first kappa shape index (κ1) is 18.6. The maximum absolute atomic E-state index is 12.4. The Hall–Kier alpha value is -3.17. The number of nitrogens with one attached hydrogen (secondary N) is 1. The van der Waals surface area contributed by atoms with Gasteiger partial charge in [-0.25, -0.2) is 4.98 Å². The number of fused-ring (bicyclic) bond motifs is 1. The smallest absolute Gasteiger partial charge is 0.478 e. The molecule has 1 aromatic carbocycles. The van der Waals surface area contributed by atoms with E-state index in [0.717, 1.165) is 12.8 Å². The third-order valence-corrected chi connectivity index (χ3v) is 3.45. The van der Waals surface area contributed by atoms with E-state index in [0.29, 0.717) is 29.2 Å². The molecule has 0 aliphatic rings. The van der Waals surface area contributed by atoms with Crippen molar-refractivity contribution in [3.05, 3.63) is 36.4 Å². The third kappa shape index (κ3) is 5.16. The van der Waals surface area contributed by atoms with Gasteiger partial charge in [0.05, 0.1) is 6.61 Å². The Balaban J connectivity index is 1.86. The van der Waals surface area contributed by atoms with Crippen molar-refractivity contribution in [3.63, 3.8) is 0 Å². The molecule has 7 nitrogen and oxygen atoms in total. The zero-order chi connectivity index (χ0) is 19.3. The van der Waals surface area contributed by atoms with Gasteiger partial charge in [0.15, 0.2) is 5.82 Å². The summed E-state index contributed by atoms with van der Waals surface area (Å²) in [7, 11) is 0. The topological polar surface area (TPSA) is 82.1 Å². The minimum atomic E-state index is -4.77. The quantitative estimate of drug-likeness (QED) is 0.615. The number of halogens is 3. The Kier molecular flexibility index (Phi) is 5.53. The molecular weight excluding hydrogens is 363 g/mol. The van der Waals surface area contributed by atoms with Crippen LogP contribution in [0, 0.1) is 0 Å². The first-order valence-corrected chi connectivity index (χ1v) is 8.20. The van der Waals surface area contributed by atoms with Gasteiger partial charge in [-0.15, -0.1) is 23.4 Å². The van der Waals surface area contributed by atoms with Crippen LogP contribution in [0.25, 0.3) is 11.0 Å². The van der Waals surface area contributed by atoms with Gasteiger partial charge in [-0.1, -0.05) is 19.4 Å². The van der Waals surface area contributed by atoms with Crippen LogP contribution in [0.15, 0.2) is 36.4 Å². The summed E-state index contributed by atoms with van der Waals surface area (Å²) in [5, 5.41) is 14.3. The average Bonchev–Trinajstić information content (AvgIpc) is 2.61. The second-order valence-electron chi connectivity index (χ2n) is 5.56. The number of benzene rings is 1. The fraction of sp³-hybridized carbons (Fsp3) is 0.294. The largest absolute Gasteiger partial charge is 0.573 e. The molecule has 0 atom stereocenters. The third-order valence-electron chi connectivity index (χ3n) is 3.45. The van der Waals surface area contributed by atoms with Crippen molar-refractivity contribution in [2.75, 3.05) is 11.9 Å². The summed E-state index contributed by atoms with van der Waals surface area (Å²) in [5.74, 6) is 0.295. The molecule has 0 fully saturated rings. The standard InChI is InChI=1S/C17H16F3N5O2/c1-2-3-9-26-14-8-7-13-15(22-14)16(24-25-23-13)21-11-5-4-6-12(10-11)27-17(18,19)20/h4-8,10H,2-3,9H2,1H3,(H,21,23,24). The molecule has 2 aromatic heterocycles. The summed E-state index contributed by atoms with van der Waals surface area (Å²) in [6.07, 6.45) is -2.89. The van der Waals surface area contributed by atoms with Crippen LogP contribution in [-0.2, 0) is 0 Å². The molecule has 3 rings (SSSR count). The molecule has 0 radical (unpaired) electrons. The number of ether oxygens (including phenoxy) is 2. The highest BCUT2D eigenvalue weighted by Gasteiger charge is 2.31. The van der Waals surface area contributed by atoms with Crippen molar-refractivity contribution >= 4 is 22.5 Å². The maximum Gasteiger partial charge on any atom is 0.573 e. The highest BCUT2D eigenvalue weighted by Crippen LogP contribution is 2.28. The maximum atomic E-state index is 12.4. The summed E-state index contributed by atoms with van der Waals surface area (Å²) in [4.78, 5) is 4.36. The van der Waals surface area contributed by atoms with Crippen LogP contribution in [0.1, 0.15) is 19.8 Å². The summed E-state index contributed by atoms with van der Waals surface area (Å²) in [6.45, 7) is 2.58. The van der Waals surface area contributed by atoms with Crippen LogP contribution in [0.2, 0.25) is 0 Å². The lowest BCUT2D eigenvalue weighted by molar-refractivity contribution is -0.274. The van der Waals surface area contributed by atoms with E-state index >= 15 is 0 Å². The van der Waals surface area contributed by atoms with Crippen LogP contribution in [0.4, 0.5) is 24.7 Å².